The second kappa shape index (κ2) is 5.62. The molecule has 1 aromatic rings. The Bertz CT molecular complexity index is 428. The number of anilines is 2. The average molecular weight is 249 g/mol. The Kier molecular flexibility index (Phi) is 3.92. The van der Waals surface area contributed by atoms with Crippen LogP contribution in [0.5, 0.6) is 5.75 Å². The van der Waals surface area contributed by atoms with E-state index in [1.54, 1.807) is 25.3 Å². The number of benzene rings is 1. The fourth-order valence-corrected chi connectivity index (χ4v) is 2.23. The molecule has 0 bridgehead atoms. The number of nitrogens with one attached hydrogen (secondary N) is 2. The predicted molar refractivity (Wildman–Crippen MR) is 71.8 cm³/mol. The van der Waals surface area contributed by atoms with Crippen molar-refractivity contribution in [1.29, 1.82) is 0 Å². The molecular weight excluding hydrogens is 230 g/mol. The number of urea groups is 1. The van der Waals surface area contributed by atoms with Crippen LogP contribution in [0.3, 0.4) is 0 Å². The number of amides is 2. The molecule has 0 aromatic heterocycles. The maximum Gasteiger partial charge on any atom is 0.319 e. The van der Waals surface area contributed by atoms with E-state index in [9.17, 15) is 4.79 Å². The number of carbonyl (C=O) groups is 1. The van der Waals surface area contributed by atoms with Crippen LogP contribution in [0.25, 0.3) is 0 Å². The highest BCUT2D eigenvalue weighted by molar-refractivity contribution is 5.90. The van der Waals surface area contributed by atoms with Gasteiger partial charge in [0.1, 0.15) is 5.75 Å². The van der Waals surface area contributed by atoms with E-state index in [2.05, 4.69) is 10.6 Å². The van der Waals surface area contributed by atoms with Crippen LogP contribution in [0.4, 0.5) is 16.2 Å². The molecule has 0 atom stereocenters. The first-order valence-electron chi connectivity index (χ1n) is 6.20. The first kappa shape index (κ1) is 12.5. The highest BCUT2D eigenvalue weighted by atomic mass is 16.5. The van der Waals surface area contributed by atoms with Crippen molar-refractivity contribution in [3.05, 3.63) is 18.2 Å². The lowest BCUT2D eigenvalue weighted by Crippen LogP contribution is -2.36. The topological polar surface area (TPSA) is 76.4 Å². The summed E-state index contributed by atoms with van der Waals surface area (Å²) in [6, 6.07) is 5.32. The summed E-state index contributed by atoms with van der Waals surface area (Å²) < 4.78 is 5.06. The molecule has 0 unspecified atom stereocenters. The SMILES string of the molecule is COc1ccc(NC(=O)NC2CCCC2)cc1N. The molecule has 0 spiro atoms. The van der Waals surface area contributed by atoms with Crippen LogP contribution in [0.1, 0.15) is 25.7 Å². The molecule has 1 aromatic carbocycles. The van der Waals surface area contributed by atoms with Gasteiger partial charge in [-0.2, -0.15) is 0 Å². The van der Waals surface area contributed by atoms with Crippen molar-refractivity contribution in [1.82, 2.24) is 5.32 Å². The molecule has 0 heterocycles. The maximum atomic E-state index is 11.7. The Morgan fingerprint density at radius 3 is 2.72 bits per heavy atom. The summed E-state index contributed by atoms with van der Waals surface area (Å²) in [5, 5.41) is 5.73. The van der Waals surface area contributed by atoms with Crippen LogP contribution in [0.2, 0.25) is 0 Å². The molecule has 18 heavy (non-hydrogen) atoms. The van der Waals surface area contributed by atoms with Gasteiger partial charge in [-0.25, -0.2) is 4.79 Å². The molecule has 1 aliphatic rings. The third kappa shape index (κ3) is 3.06. The number of rotatable bonds is 3. The molecule has 1 saturated carbocycles. The smallest absolute Gasteiger partial charge is 0.319 e. The molecule has 0 saturated heterocycles. The lowest BCUT2D eigenvalue weighted by atomic mass is 10.2. The molecular formula is C13H19N3O2. The first-order valence-corrected chi connectivity index (χ1v) is 6.20. The number of nitrogen functional groups attached to an aromatic ring is 1. The number of methoxy groups -OCH3 is 1. The summed E-state index contributed by atoms with van der Waals surface area (Å²) >= 11 is 0. The fraction of sp³-hybridized carbons (Fsp3) is 0.462. The first-order chi connectivity index (χ1) is 8.69. The summed E-state index contributed by atoms with van der Waals surface area (Å²) in [5.41, 5.74) is 6.96. The Morgan fingerprint density at radius 1 is 1.39 bits per heavy atom. The van der Waals surface area contributed by atoms with Crippen molar-refractivity contribution >= 4 is 17.4 Å². The maximum absolute atomic E-state index is 11.7. The summed E-state index contributed by atoms with van der Waals surface area (Å²) in [4.78, 5) is 11.7. The van der Waals surface area contributed by atoms with Gasteiger partial charge >= 0.3 is 6.03 Å². The third-order valence-corrected chi connectivity index (χ3v) is 3.18. The molecule has 0 radical (unpaired) electrons. The van der Waals surface area contributed by atoms with Crippen LogP contribution < -0.4 is 21.1 Å². The number of hydrogen-bond acceptors (Lipinski definition) is 3. The molecule has 1 aliphatic carbocycles. The minimum atomic E-state index is -0.175. The monoisotopic (exact) mass is 249 g/mol. The van der Waals surface area contributed by atoms with E-state index < -0.39 is 0 Å². The van der Waals surface area contributed by atoms with Gasteiger partial charge < -0.3 is 21.1 Å². The van der Waals surface area contributed by atoms with Crippen LogP contribution in [0.15, 0.2) is 18.2 Å². The zero-order valence-electron chi connectivity index (χ0n) is 10.5. The molecule has 4 N–H and O–H groups in total. The van der Waals surface area contributed by atoms with Gasteiger partial charge in [-0.15, -0.1) is 0 Å². The molecule has 5 nitrogen and oxygen atoms in total. The number of carbonyl (C=O) groups excluding carboxylic acids is 1. The van der Waals surface area contributed by atoms with Gasteiger partial charge in [0, 0.05) is 11.7 Å². The van der Waals surface area contributed by atoms with E-state index in [-0.39, 0.29) is 6.03 Å². The van der Waals surface area contributed by atoms with E-state index >= 15 is 0 Å². The Labute approximate surface area is 107 Å². The van der Waals surface area contributed by atoms with E-state index in [1.165, 1.54) is 12.8 Å². The van der Waals surface area contributed by atoms with E-state index in [0.29, 0.717) is 23.2 Å². The molecule has 1 fully saturated rings. The van der Waals surface area contributed by atoms with E-state index in [1.807, 2.05) is 0 Å². The van der Waals surface area contributed by atoms with Crippen molar-refractivity contribution in [2.45, 2.75) is 31.7 Å². The highest BCUT2D eigenvalue weighted by Crippen LogP contribution is 2.24. The molecule has 2 amide bonds. The van der Waals surface area contributed by atoms with E-state index in [4.69, 9.17) is 10.5 Å². The van der Waals surface area contributed by atoms with Crippen LogP contribution in [-0.2, 0) is 0 Å². The van der Waals surface area contributed by atoms with E-state index in [0.717, 1.165) is 12.8 Å². The quantitative estimate of drug-likeness (QED) is 0.720. The van der Waals surface area contributed by atoms with Crippen molar-refractivity contribution in [3.8, 4) is 5.75 Å². The Morgan fingerprint density at radius 2 is 2.11 bits per heavy atom. The minimum Gasteiger partial charge on any atom is -0.495 e. The van der Waals surface area contributed by atoms with Gasteiger partial charge in [-0.1, -0.05) is 12.8 Å². The largest absolute Gasteiger partial charge is 0.495 e. The second-order valence-corrected chi connectivity index (χ2v) is 4.54. The zero-order valence-corrected chi connectivity index (χ0v) is 10.5. The van der Waals surface area contributed by atoms with Crippen molar-refractivity contribution in [2.24, 2.45) is 0 Å². The number of hydrogen-bond donors (Lipinski definition) is 3. The molecule has 98 valence electrons. The van der Waals surface area contributed by atoms with Crippen LogP contribution in [0, 0.1) is 0 Å². The van der Waals surface area contributed by atoms with Crippen molar-refractivity contribution in [2.75, 3.05) is 18.2 Å². The van der Waals surface area contributed by atoms with Gasteiger partial charge in [-0.05, 0) is 31.0 Å². The Hall–Kier alpha value is -1.91. The van der Waals surface area contributed by atoms with Gasteiger partial charge in [0.15, 0.2) is 0 Å². The van der Waals surface area contributed by atoms with Crippen LogP contribution in [-0.4, -0.2) is 19.2 Å². The summed E-state index contributed by atoms with van der Waals surface area (Å²) in [6.07, 6.45) is 4.53. The average Bonchev–Trinajstić information content (AvgIpc) is 2.82. The predicted octanol–water partition coefficient (Wildman–Crippen LogP) is 2.34. The fourth-order valence-electron chi connectivity index (χ4n) is 2.23. The normalized spacial score (nSPS) is 15.4. The lowest BCUT2D eigenvalue weighted by Gasteiger charge is -2.13. The lowest BCUT2D eigenvalue weighted by molar-refractivity contribution is 0.248. The summed E-state index contributed by atoms with van der Waals surface area (Å²) in [5.74, 6) is 0.608. The van der Waals surface area contributed by atoms with Gasteiger partial charge in [0.25, 0.3) is 0 Å². The Balaban J connectivity index is 1.92. The van der Waals surface area contributed by atoms with Crippen molar-refractivity contribution < 1.29 is 9.53 Å². The van der Waals surface area contributed by atoms with Crippen molar-refractivity contribution in [3.63, 3.8) is 0 Å². The number of ether oxygens (including phenoxy) is 1. The summed E-state index contributed by atoms with van der Waals surface area (Å²) in [7, 11) is 1.56. The van der Waals surface area contributed by atoms with Crippen LogP contribution >= 0.6 is 0 Å². The minimum absolute atomic E-state index is 0.175. The molecule has 0 aliphatic heterocycles. The second-order valence-electron chi connectivity index (χ2n) is 4.54. The van der Waals surface area contributed by atoms with Gasteiger partial charge in [-0.3, -0.25) is 0 Å². The highest BCUT2D eigenvalue weighted by Gasteiger charge is 2.17. The van der Waals surface area contributed by atoms with Gasteiger partial charge in [0.2, 0.25) is 0 Å². The zero-order chi connectivity index (χ0) is 13.0. The third-order valence-electron chi connectivity index (χ3n) is 3.18. The van der Waals surface area contributed by atoms with Gasteiger partial charge in [0.05, 0.1) is 12.8 Å². The molecule has 2 rings (SSSR count). The molecule has 5 heteroatoms. The number of nitrogens with two attached hydrogens (primary N) is 1. The standard InChI is InChI=1S/C13H19N3O2/c1-18-12-7-6-10(8-11(12)14)16-13(17)15-9-4-2-3-5-9/h6-9H,2-5,14H2,1H3,(H2,15,16,17). The summed E-state index contributed by atoms with van der Waals surface area (Å²) in [6.45, 7) is 0.